The predicted molar refractivity (Wildman–Crippen MR) is 113 cm³/mol. The number of rotatable bonds is 8. The van der Waals surface area contributed by atoms with Crippen LogP contribution in [-0.2, 0) is 16.0 Å². The maximum absolute atomic E-state index is 13.1. The maximum Gasteiger partial charge on any atom is 0.242 e. The number of carbonyl (C=O) groups excluding carboxylic acids is 2. The van der Waals surface area contributed by atoms with Crippen molar-refractivity contribution in [2.45, 2.75) is 19.4 Å². The van der Waals surface area contributed by atoms with Gasteiger partial charge in [-0.15, -0.1) is 17.9 Å². The number of ether oxygens (including phenoxy) is 2. The van der Waals surface area contributed by atoms with Gasteiger partial charge in [-0.05, 0) is 35.6 Å². The fourth-order valence-electron chi connectivity index (χ4n) is 3.50. The van der Waals surface area contributed by atoms with Crippen molar-refractivity contribution < 1.29 is 19.1 Å². The molecule has 0 saturated carbocycles. The summed E-state index contributed by atoms with van der Waals surface area (Å²) in [6.45, 7) is 6.44. The molecule has 7 heteroatoms. The van der Waals surface area contributed by atoms with Crippen LogP contribution in [0.4, 0.5) is 0 Å². The van der Waals surface area contributed by atoms with Crippen LogP contribution in [0.3, 0.4) is 0 Å². The molecule has 6 nitrogen and oxygen atoms in total. The number of nitrogens with zero attached hydrogens (tertiary/aromatic N) is 2. The third-order valence-electron chi connectivity index (χ3n) is 5.00. The van der Waals surface area contributed by atoms with Crippen molar-refractivity contribution >= 4 is 23.2 Å². The van der Waals surface area contributed by atoms with Crippen LogP contribution in [0.1, 0.15) is 23.4 Å². The number of thiophene rings is 1. The molecule has 0 N–H and O–H groups in total. The van der Waals surface area contributed by atoms with E-state index >= 15 is 0 Å². The summed E-state index contributed by atoms with van der Waals surface area (Å²) >= 11 is 1.70. The summed E-state index contributed by atoms with van der Waals surface area (Å²) in [5.41, 5.74) is 1.11. The Morgan fingerprint density at radius 2 is 2.07 bits per heavy atom. The molecule has 0 saturated heterocycles. The highest BCUT2D eigenvalue weighted by Crippen LogP contribution is 2.35. The second-order valence-electron chi connectivity index (χ2n) is 6.80. The number of benzene rings is 1. The minimum Gasteiger partial charge on any atom is -0.493 e. The van der Waals surface area contributed by atoms with Crippen molar-refractivity contribution in [3.63, 3.8) is 0 Å². The van der Waals surface area contributed by atoms with Crippen molar-refractivity contribution in [3.8, 4) is 11.5 Å². The Morgan fingerprint density at radius 3 is 2.76 bits per heavy atom. The Morgan fingerprint density at radius 1 is 1.31 bits per heavy atom. The van der Waals surface area contributed by atoms with Gasteiger partial charge in [0.2, 0.25) is 11.8 Å². The first-order valence-corrected chi connectivity index (χ1v) is 10.4. The van der Waals surface area contributed by atoms with Gasteiger partial charge in [0, 0.05) is 24.9 Å². The molecule has 1 atom stereocenters. The average Bonchev–Trinajstić information content (AvgIpc) is 3.20. The first-order valence-electron chi connectivity index (χ1n) is 9.53. The number of fused-ring (bicyclic) bond motifs is 1. The molecule has 3 rings (SSSR count). The number of carbonyl (C=O) groups is 2. The molecule has 1 unspecified atom stereocenters. The second kappa shape index (κ2) is 9.60. The Hall–Kier alpha value is -2.80. The lowest BCUT2D eigenvalue weighted by molar-refractivity contribution is -0.141. The third-order valence-corrected chi connectivity index (χ3v) is 6.00. The van der Waals surface area contributed by atoms with E-state index in [-0.39, 0.29) is 24.4 Å². The van der Waals surface area contributed by atoms with Gasteiger partial charge in [-0.25, -0.2) is 0 Å². The Balaban J connectivity index is 1.79. The number of hydrogen-bond donors (Lipinski definition) is 0. The first-order chi connectivity index (χ1) is 14.0. The monoisotopic (exact) mass is 414 g/mol. The fourth-order valence-corrected chi connectivity index (χ4v) is 4.42. The largest absolute Gasteiger partial charge is 0.493 e. The lowest BCUT2D eigenvalue weighted by Gasteiger charge is -2.37. The van der Waals surface area contributed by atoms with Crippen LogP contribution in [0.15, 0.2) is 48.4 Å². The Kier molecular flexibility index (Phi) is 6.93. The number of hydrogen-bond acceptors (Lipinski definition) is 5. The van der Waals surface area contributed by atoms with Crippen molar-refractivity contribution in [2.24, 2.45) is 0 Å². The minimum atomic E-state index is -0.208. The van der Waals surface area contributed by atoms with Gasteiger partial charge in [0.1, 0.15) is 13.2 Å². The van der Waals surface area contributed by atoms with E-state index in [0.717, 1.165) is 12.0 Å². The van der Waals surface area contributed by atoms with E-state index in [0.29, 0.717) is 31.2 Å². The summed E-state index contributed by atoms with van der Waals surface area (Å²) in [7, 11) is 1.60. The zero-order valence-corrected chi connectivity index (χ0v) is 17.6. The molecule has 2 amide bonds. The SMILES string of the molecule is C=CCN(CC(=O)N1CCc2sccc2C1COc1ccccc1OC)C(C)=O. The van der Waals surface area contributed by atoms with Gasteiger partial charge in [0.05, 0.1) is 13.2 Å². The van der Waals surface area contributed by atoms with Gasteiger partial charge in [-0.1, -0.05) is 18.2 Å². The van der Waals surface area contributed by atoms with Crippen molar-refractivity contribution in [1.29, 1.82) is 0 Å². The second-order valence-corrected chi connectivity index (χ2v) is 7.80. The van der Waals surface area contributed by atoms with Crippen molar-refractivity contribution in [2.75, 3.05) is 33.4 Å². The molecule has 0 aliphatic carbocycles. The topological polar surface area (TPSA) is 59.1 Å². The summed E-state index contributed by atoms with van der Waals surface area (Å²) < 4.78 is 11.4. The molecule has 0 bridgehead atoms. The number of para-hydroxylation sites is 2. The molecule has 0 fully saturated rings. The summed E-state index contributed by atoms with van der Waals surface area (Å²) in [6, 6.07) is 9.31. The standard InChI is InChI=1S/C22H26N2O4S/c1-4-11-23(16(2)25)14-22(26)24-12-9-21-17(10-13-29-21)18(24)15-28-20-8-6-5-7-19(20)27-3/h4-8,10,13,18H,1,9,11-12,14-15H2,2-3H3. The average molecular weight is 415 g/mol. The van der Waals surface area contributed by atoms with Gasteiger partial charge in [-0.2, -0.15) is 0 Å². The molecular formula is C22H26N2O4S. The molecule has 2 heterocycles. The van der Waals surface area contributed by atoms with E-state index in [1.807, 2.05) is 34.5 Å². The highest BCUT2D eigenvalue weighted by molar-refractivity contribution is 7.10. The Labute approximate surface area is 175 Å². The third kappa shape index (κ3) is 4.79. The molecule has 0 radical (unpaired) electrons. The molecular weight excluding hydrogens is 388 g/mol. The van der Waals surface area contributed by atoms with E-state index in [1.165, 1.54) is 16.7 Å². The van der Waals surface area contributed by atoms with E-state index in [1.54, 1.807) is 24.5 Å². The van der Waals surface area contributed by atoms with Gasteiger partial charge < -0.3 is 19.3 Å². The molecule has 1 aromatic heterocycles. The number of amides is 2. The minimum absolute atomic E-state index is 0.0337. The van der Waals surface area contributed by atoms with Gasteiger partial charge >= 0.3 is 0 Å². The summed E-state index contributed by atoms with van der Waals surface area (Å²) in [5, 5.41) is 2.05. The van der Waals surface area contributed by atoms with Crippen LogP contribution in [0, 0.1) is 0 Å². The summed E-state index contributed by atoms with van der Waals surface area (Å²) in [4.78, 5) is 29.5. The van der Waals surface area contributed by atoms with Crippen molar-refractivity contribution in [3.05, 3.63) is 58.8 Å². The van der Waals surface area contributed by atoms with E-state index in [9.17, 15) is 9.59 Å². The van der Waals surface area contributed by atoms with Crippen LogP contribution in [0.5, 0.6) is 11.5 Å². The molecule has 1 aliphatic rings. The summed E-state index contributed by atoms with van der Waals surface area (Å²) in [6.07, 6.45) is 2.44. The molecule has 1 aromatic carbocycles. The van der Waals surface area contributed by atoms with Gasteiger partial charge in [0.15, 0.2) is 11.5 Å². The normalized spacial score (nSPS) is 15.4. The molecule has 0 spiro atoms. The van der Waals surface area contributed by atoms with Crippen LogP contribution < -0.4 is 9.47 Å². The lowest BCUT2D eigenvalue weighted by atomic mass is 10.0. The van der Waals surface area contributed by atoms with Crippen LogP contribution in [0.25, 0.3) is 0 Å². The highest BCUT2D eigenvalue weighted by atomic mass is 32.1. The number of methoxy groups -OCH3 is 1. The lowest BCUT2D eigenvalue weighted by Crippen LogP contribution is -2.47. The zero-order valence-electron chi connectivity index (χ0n) is 16.8. The molecule has 1 aliphatic heterocycles. The zero-order chi connectivity index (χ0) is 20.8. The Bertz CT molecular complexity index is 879. The van der Waals surface area contributed by atoms with Crippen LogP contribution in [-0.4, -0.2) is 55.0 Å². The molecule has 29 heavy (non-hydrogen) atoms. The smallest absolute Gasteiger partial charge is 0.242 e. The quantitative estimate of drug-likeness (QED) is 0.622. The molecule has 154 valence electrons. The van der Waals surface area contributed by atoms with E-state index < -0.39 is 0 Å². The van der Waals surface area contributed by atoms with E-state index in [4.69, 9.17) is 9.47 Å². The van der Waals surface area contributed by atoms with Gasteiger partial charge in [0.25, 0.3) is 0 Å². The van der Waals surface area contributed by atoms with Gasteiger partial charge in [-0.3, -0.25) is 9.59 Å². The summed E-state index contributed by atoms with van der Waals surface area (Å²) in [5.74, 6) is 1.06. The maximum atomic E-state index is 13.1. The van der Waals surface area contributed by atoms with E-state index in [2.05, 4.69) is 12.6 Å². The highest BCUT2D eigenvalue weighted by Gasteiger charge is 2.33. The first kappa shape index (κ1) is 20.9. The van der Waals surface area contributed by atoms with Crippen molar-refractivity contribution in [1.82, 2.24) is 9.80 Å². The predicted octanol–water partition coefficient (Wildman–Crippen LogP) is 3.30. The van der Waals surface area contributed by atoms with Crippen LogP contribution >= 0.6 is 11.3 Å². The van der Waals surface area contributed by atoms with Crippen LogP contribution in [0.2, 0.25) is 0 Å². The fraction of sp³-hybridized carbons (Fsp3) is 0.364. The molecule has 2 aromatic rings.